The number of thioether (sulfide) groups is 3. The van der Waals surface area contributed by atoms with Crippen LogP contribution in [0.3, 0.4) is 0 Å². The van der Waals surface area contributed by atoms with Crippen molar-refractivity contribution in [3.63, 3.8) is 0 Å². The fourth-order valence-corrected chi connectivity index (χ4v) is 6.53. The van der Waals surface area contributed by atoms with Crippen LogP contribution in [0.4, 0.5) is 9.52 Å². The number of anilines is 1. The van der Waals surface area contributed by atoms with Crippen molar-refractivity contribution in [2.75, 3.05) is 16.8 Å². The third-order valence-corrected chi connectivity index (χ3v) is 8.23. The second kappa shape index (κ2) is 9.72. The Morgan fingerprint density at radius 2 is 2.06 bits per heavy atom. The lowest BCUT2D eigenvalue weighted by atomic mass is 10.2. The lowest BCUT2D eigenvalue weighted by molar-refractivity contribution is -0.113. The zero-order valence-electron chi connectivity index (χ0n) is 16.6. The minimum Gasteiger partial charge on any atom is -0.300 e. The van der Waals surface area contributed by atoms with Crippen molar-refractivity contribution in [2.45, 2.75) is 39.9 Å². The smallest absolute Gasteiger partial charge is 0.272 e. The van der Waals surface area contributed by atoms with E-state index in [4.69, 9.17) is 0 Å². The van der Waals surface area contributed by atoms with Gasteiger partial charge in [-0.2, -0.15) is 0 Å². The van der Waals surface area contributed by atoms with E-state index in [0.717, 1.165) is 27.5 Å². The van der Waals surface area contributed by atoms with Crippen molar-refractivity contribution < 1.29 is 9.18 Å². The van der Waals surface area contributed by atoms with Crippen molar-refractivity contribution in [3.8, 4) is 5.69 Å². The number of amides is 1. The number of halogens is 1. The van der Waals surface area contributed by atoms with Crippen LogP contribution in [0, 0.1) is 5.82 Å². The van der Waals surface area contributed by atoms with Crippen molar-refractivity contribution >= 4 is 57.7 Å². The molecule has 0 spiro atoms. The highest BCUT2D eigenvalue weighted by Gasteiger charge is 2.27. The molecule has 1 aliphatic rings. The van der Waals surface area contributed by atoms with Crippen LogP contribution in [-0.4, -0.2) is 42.4 Å². The van der Waals surface area contributed by atoms with E-state index in [9.17, 15) is 14.0 Å². The lowest BCUT2D eigenvalue weighted by Gasteiger charge is -2.13. The maximum Gasteiger partial charge on any atom is 0.272 e. The number of nitrogens with zero attached hydrogens (tertiary/aromatic N) is 4. The zero-order valence-corrected chi connectivity index (χ0v) is 19.9. The van der Waals surface area contributed by atoms with Gasteiger partial charge in [-0.05, 0) is 30.0 Å². The molecule has 162 valence electrons. The first-order valence-electron chi connectivity index (χ1n) is 9.42. The van der Waals surface area contributed by atoms with Gasteiger partial charge in [-0.25, -0.2) is 9.37 Å². The number of carbonyl (C=O) groups excluding carboxylic acids is 1. The van der Waals surface area contributed by atoms with E-state index >= 15 is 0 Å². The van der Waals surface area contributed by atoms with Crippen LogP contribution >= 0.6 is 46.6 Å². The predicted octanol–water partition coefficient (Wildman–Crippen LogP) is 4.10. The summed E-state index contributed by atoms with van der Waals surface area (Å²) < 4.78 is 15.6. The Bertz CT molecular complexity index is 1170. The Morgan fingerprint density at radius 1 is 1.29 bits per heavy atom. The van der Waals surface area contributed by atoms with Crippen LogP contribution in [0.15, 0.2) is 43.5 Å². The van der Waals surface area contributed by atoms with E-state index in [1.54, 1.807) is 11.8 Å². The van der Waals surface area contributed by atoms with Gasteiger partial charge in [-0.1, -0.05) is 48.7 Å². The third kappa shape index (κ3) is 5.13. The SMILES string of the molecule is CCSc1nnc(NC(=O)CSc2nc3c(c(=O)n2-c2ccc(F)cc2)S[C@@H](C)C3)s1. The molecule has 1 aliphatic heterocycles. The molecule has 3 aromatic rings. The Kier molecular flexibility index (Phi) is 6.99. The van der Waals surface area contributed by atoms with Crippen molar-refractivity contribution in [1.82, 2.24) is 19.7 Å². The molecule has 3 heterocycles. The number of carbonyl (C=O) groups is 1. The van der Waals surface area contributed by atoms with Crippen LogP contribution in [0.1, 0.15) is 19.5 Å². The van der Waals surface area contributed by atoms with Crippen LogP contribution < -0.4 is 10.9 Å². The number of fused-ring (bicyclic) bond motifs is 1. The number of hydrogen-bond donors (Lipinski definition) is 1. The first-order chi connectivity index (χ1) is 14.9. The molecule has 31 heavy (non-hydrogen) atoms. The summed E-state index contributed by atoms with van der Waals surface area (Å²) in [6.07, 6.45) is 0.696. The van der Waals surface area contributed by atoms with Gasteiger partial charge in [-0.3, -0.25) is 19.5 Å². The molecule has 4 rings (SSSR count). The topological polar surface area (TPSA) is 89.8 Å². The average molecular weight is 496 g/mol. The summed E-state index contributed by atoms with van der Waals surface area (Å²) in [7, 11) is 0. The Morgan fingerprint density at radius 3 is 2.81 bits per heavy atom. The molecule has 0 saturated heterocycles. The molecule has 0 aliphatic carbocycles. The van der Waals surface area contributed by atoms with E-state index in [0.29, 0.717) is 27.3 Å². The maximum absolute atomic E-state index is 13.4. The summed E-state index contributed by atoms with van der Waals surface area (Å²) >= 11 is 5.53. The van der Waals surface area contributed by atoms with Gasteiger partial charge in [0.05, 0.1) is 22.0 Å². The number of nitrogens with one attached hydrogen (secondary N) is 1. The molecular weight excluding hydrogens is 478 g/mol. The highest BCUT2D eigenvalue weighted by atomic mass is 32.2. The molecule has 0 radical (unpaired) electrons. The Labute approximate surface area is 194 Å². The predicted molar refractivity (Wildman–Crippen MR) is 124 cm³/mol. The zero-order chi connectivity index (χ0) is 22.0. The van der Waals surface area contributed by atoms with E-state index in [1.807, 2.05) is 13.8 Å². The number of hydrogen-bond acceptors (Lipinski definition) is 9. The average Bonchev–Trinajstić information content (AvgIpc) is 3.33. The number of benzene rings is 1. The van der Waals surface area contributed by atoms with Gasteiger partial charge in [0.1, 0.15) is 5.82 Å². The van der Waals surface area contributed by atoms with E-state index in [-0.39, 0.29) is 28.3 Å². The highest BCUT2D eigenvalue weighted by molar-refractivity contribution is 8.01. The molecule has 12 heteroatoms. The van der Waals surface area contributed by atoms with Crippen LogP contribution in [-0.2, 0) is 11.2 Å². The van der Waals surface area contributed by atoms with Crippen LogP contribution in [0.2, 0.25) is 0 Å². The molecule has 1 aromatic carbocycles. The number of aromatic nitrogens is 4. The summed E-state index contributed by atoms with van der Waals surface area (Å²) in [6, 6.07) is 5.67. The monoisotopic (exact) mass is 495 g/mol. The molecule has 0 saturated carbocycles. The first-order valence-corrected chi connectivity index (χ1v) is 13.1. The molecule has 1 atom stereocenters. The standard InChI is InChI=1S/C19H18FN5O2S4/c1-3-28-19-24-23-17(31-19)22-14(26)9-29-18-21-13-8-10(2)30-15(13)16(27)25(18)12-6-4-11(20)5-7-12/h4-7,10H,3,8-9H2,1-2H3,(H,22,23,26)/t10-/m0/s1. The molecule has 1 amide bonds. The van der Waals surface area contributed by atoms with Gasteiger partial charge < -0.3 is 0 Å². The summed E-state index contributed by atoms with van der Waals surface area (Å²) in [6.45, 7) is 4.06. The molecular formula is C19H18FN5O2S4. The minimum absolute atomic E-state index is 0.0466. The van der Waals surface area contributed by atoms with Gasteiger partial charge in [0, 0.05) is 11.7 Å². The van der Waals surface area contributed by atoms with Gasteiger partial charge >= 0.3 is 0 Å². The molecule has 7 nitrogen and oxygen atoms in total. The summed E-state index contributed by atoms with van der Waals surface area (Å²) in [5.41, 5.74) is 1.06. The van der Waals surface area contributed by atoms with Crippen LogP contribution in [0.5, 0.6) is 0 Å². The molecule has 0 fully saturated rings. The van der Waals surface area contributed by atoms with Gasteiger partial charge in [0.2, 0.25) is 11.0 Å². The summed E-state index contributed by atoms with van der Waals surface area (Å²) in [5.74, 6) is 0.267. The van der Waals surface area contributed by atoms with E-state index < -0.39 is 0 Å². The fourth-order valence-electron chi connectivity index (χ4n) is 2.94. The summed E-state index contributed by atoms with van der Waals surface area (Å²) in [4.78, 5) is 30.9. The minimum atomic E-state index is -0.389. The summed E-state index contributed by atoms with van der Waals surface area (Å²) in [5, 5.41) is 11.8. The van der Waals surface area contributed by atoms with Crippen molar-refractivity contribution in [2.24, 2.45) is 0 Å². The first kappa shape index (κ1) is 22.3. The Balaban J connectivity index is 1.57. The molecule has 0 bridgehead atoms. The van der Waals surface area contributed by atoms with Crippen molar-refractivity contribution in [3.05, 3.63) is 46.1 Å². The third-order valence-electron chi connectivity index (χ3n) is 4.22. The van der Waals surface area contributed by atoms with Gasteiger partial charge in [-0.15, -0.1) is 22.0 Å². The largest absolute Gasteiger partial charge is 0.300 e. The van der Waals surface area contributed by atoms with Crippen LogP contribution in [0.25, 0.3) is 5.69 Å². The fraction of sp³-hybridized carbons (Fsp3) is 0.316. The van der Waals surface area contributed by atoms with E-state index in [2.05, 4.69) is 20.5 Å². The molecule has 0 unspecified atom stereocenters. The highest BCUT2D eigenvalue weighted by Crippen LogP contribution is 2.35. The lowest BCUT2D eigenvalue weighted by Crippen LogP contribution is -2.24. The second-order valence-electron chi connectivity index (χ2n) is 6.56. The normalized spacial score (nSPS) is 15.1. The van der Waals surface area contributed by atoms with Crippen molar-refractivity contribution in [1.29, 1.82) is 0 Å². The quantitative estimate of drug-likeness (QED) is 0.298. The second-order valence-corrected chi connectivity index (χ2v) is 11.4. The maximum atomic E-state index is 13.4. The van der Waals surface area contributed by atoms with Gasteiger partial charge in [0.25, 0.3) is 5.56 Å². The Hall–Kier alpha value is -1.89. The number of rotatable bonds is 7. The molecule has 1 N–H and O–H groups in total. The van der Waals surface area contributed by atoms with E-state index in [1.165, 1.54) is 51.9 Å². The molecule has 2 aromatic heterocycles. The van der Waals surface area contributed by atoms with Gasteiger partial charge in [0.15, 0.2) is 9.50 Å².